The number of carbonyl (C=O) groups excluding carboxylic acids is 2. The van der Waals surface area contributed by atoms with Gasteiger partial charge in [0.15, 0.2) is 0 Å². The van der Waals surface area contributed by atoms with Crippen LogP contribution in [0.3, 0.4) is 0 Å². The number of esters is 1. The Morgan fingerprint density at radius 3 is 2.68 bits per heavy atom. The Hall–Kier alpha value is -1.14. The molecule has 1 atom stereocenters. The lowest BCUT2D eigenvalue weighted by Gasteiger charge is -2.40. The molecule has 0 aromatic rings. The fourth-order valence-electron chi connectivity index (χ4n) is 2.51. The predicted octanol–water partition coefficient (Wildman–Crippen LogP) is -0.0810. The van der Waals surface area contributed by atoms with Crippen molar-refractivity contribution in [1.29, 1.82) is 0 Å². The average molecular weight is 270 g/mol. The molecule has 0 aromatic carbocycles. The normalized spacial score (nSPS) is 25.6. The summed E-state index contributed by atoms with van der Waals surface area (Å²) in [7, 11) is 1.36. The maximum atomic E-state index is 12.2. The summed E-state index contributed by atoms with van der Waals surface area (Å²) in [6, 6.07) is -0.442. The number of hydrogen-bond donors (Lipinski definition) is 1. The first-order valence-electron chi connectivity index (χ1n) is 6.78. The number of rotatable bonds is 4. The summed E-state index contributed by atoms with van der Waals surface area (Å²) in [6.07, 6.45) is 2.56. The minimum atomic E-state index is -0.442. The molecule has 0 saturated carbocycles. The van der Waals surface area contributed by atoms with Crippen LogP contribution in [-0.4, -0.2) is 61.8 Å². The molecule has 108 valence electrons. The van der Waals surface area contributed by atoms with Gasteiger partial charge in [0.05, 0.1) is 12.7 Å². The van der Waals surface area contributed by atoms with E-state index in [1.807, 2.05) is 6.92 Å². The Kier molecular flexibility index (Phi) is 4.42. The molecule has 2 rings (SSSR count). The van der Waals surface area contributed by atoms with Crippen LogP contribution in [0.25, 0.3) is 0 Å². The first kappa shape index (κ1) is 14.3. The maximum absolute atomic E-state index is 12.2. The number of nitrogens with one attached hydrogen (secondary N) is 1. The van der Waals surface area contributed by atoms with Crippen LogP contribution in [0.2, 0.25) is 0 Å². The Morgan fingerprint density at radius 1 is 1.37 bits per heavy atom. The summed E-state index contributed by atoms with van der Waals surface area (Å²) in [5, 5.41) is 3.12. The van der Waals surface area contributed by atoms with E-state index in [1.54, 1.807) is 4.90 Å². The SMILES string of the molecule is COC(=O)C1CCCCN1C(=O)COC1(C)CNC1. The van der Waals surface area contributed by atoms with E-state index in [9.17, 15) is 9.59 Å². The van der Waals surface area contributed by atoms with Crippen LogP contribution in [0, 0.1) is 0 Å². The molecule has 0 spiro atoms. The molecule has 1 N–H and O–H groups in total. The van der Waals surface area contributed by atoms with Gasteiger partial charge in [0, 0.05) is 19.6 Å². The van der Waals surface area contributed by atoms with Crippen LogP contribution >= 0.6 is 0 Å². The molecule has 0 aromatic heterocycles. The average Bonchev–Trinajstić information content (AvgIpc) is 2.41. The van der Waals surface area contributed by atoms with Crippen LogP contribution in [0.4, 0.5) is 0 Å². The van der Waals surface area contributed by atoms with Gasteiger partial charge in [-0.15, -0.1) is 0 Å². The van der Waals surface area contributed by atoms with Crippen molar-refractivity contribution in [3.63, 3.8) is 0 Å². The molecule has 2 aliphatic heterocycles. The molecular formula is C13H22N2O4. The van der Waals surface area contributed by atoms with Crippen LogP contribution in [0.1, 0.15) is 26.2 Å². The van der Waals surface area contributed by atoms with E-state index in [2.05, 4.69) is 5.32 Å². The third-order valence-corrected chi connectivity index (χ3v) is 3.84. The quantitative estimate of drug-likeness (QED) is 0.724. The third-order valence-electron chi connectivity index (χ3n) is 3.84. The number of likely N-dealkylation sites (tertiary alicyclic amines) is 1. The van der Waals surface area contributed by atoms with Crippen molar-refractivity contribution in [2.75, 3.05) is 33.4 Å². The van der Waals surface area contributed by atoms with Crippen LogP contribution in [-0.2, 0) is 19.1 Å². The van der Waals surface area contributed by atoms with Crippen LogP contribution in [0.15, 0.2) is 0 Å². The predicted molar refractivity (Wildman–Crippen MR) is 68.6 cm³/mol. The lowest BCUT2D eigenvalue weighted by atomic mass is 10.00. The van der Waals surface area contributed by atoms with Gasteiger partial charge in [-0.25, -0.2) is 4.79 Å². The molecule has 6 nitrogen and oxygen atoms in total. The van der Waals surface area contributed by atoms with Gasteiger partial charge in [-0.05, 0) is 26.2 Å². The second-order valence-corrected chi connectivity index (χ2v) is 5.46. The Balaban J connectivity index is 1.89. The second kappa shape index (κ2) is 5.88. The molecule has 1 unspecified atom stereocenters. The highest BCUT2D eigenvalue weighted by atomic mass is 16.5. The van der Waals surface area contributed by atoms with E-state index in [4.69, 9.17) is 9.47 Å². The molecule has 0 radical (unpaired) electrons. The van der Waals surface area contributed by atoms with E-state index >= 15 is 0 Å². The van der Waals surface area contributed by atoms with Crippen LogP contribution < -0.4 is 5.32 Å². The summed E-state index contributed by atoms with van der Waals surface area (Å²) < 4.78 is 10.4. The van der Waals surface area contributed by atoms with Crippen LogP contribution in [0.5, 0.6) is 0 Å². The number of nitrogens with zero attached hydrogens (tertiary/aromatic N) is 1. The molecule has 6 heteroatoms. The second-order valence-electron chi connectivity index (χ2n) is 5.46. The van der Waals surface area contributed by atoms with Gasteiger partial charge in [-0.3, -0.25) is 4.79 Å². The molecule has 2 aliphatic rings. The largest absolute Gasteiger partial charge is 0.467 e. The smallest absolute Gasteiger partial charge is 0.328 e. The van der Waals surface area contributed by atoms with E-state index in [0.717, 1.165) is 25.9 Å². The molecule has 19 heavy (non-hydrogen) atoms. The van der Waals surface area contributed by atoms with Gasteiger partial charge in [-0.2, -0.15) is 0 Å². The molecule has 2 fully saturated rings. The van der Waals surface area contributed by atoms with Crippen molar-refractivity contribution in [3.05, 3.63) is 0 Å². The van der Waals surface area contributed by atoms with Crippen molar-refractivity contribution in [3.8, 4) is 0 Å². The zero-order valence-electron chi connectivity index (χ0n) is 11.6. The molecule has 2 heterocycles. The zero-order valence-corrected chi connectivity index (χ0v) is 11.6. The fraction of sp³-hybridized carbons (Fsp3) is 0.846. The number of piperidine rings is 1. The minimum absolute atomic E-state index is 0.0334. The highest BCUT2D eigenvalue weighted by Crippen LogP contribution is 2.20. The fourth-order valence-corrected chi connectivity index (χ4v) is 2.51. The Labute approximate surface area is 113 Å². The Bertz CT molecular complexity index is 355. The zero-order chi connectivity index (χ0) is 13.9. The highest BCUT2D eigenvalue weighted by molar-refractivity contribution is 5.85. The summed E-state index contributed by atoms with van der Waals surface area (Å²) in [6.45, 7) is 4.15. The molecular weight excluding hydrogens is 248 g/mol. The van der Waals surface area contributed by atoms with Crippen molar-refractivity contribution in [2.24, 2.45) is 0 Å². The number of methoxy groups -OCH3 is 1. The highest BCUT2D eigenvalue weighted by Gasteiger charge is 2.36. The first-order chi connectivity index (χ1) is 9.06. The lowest BCUT2D eigenvalue weighted by Crippen LogP contribution is -2.60. The van der Waals surface area contributed by atoms with E-state index < -0.39 is 6.04 Å². The van der Waals surface area contributed by atoms with Crippen molar-refractivity contribution >= 4 is 11.9 Å². The topological polar surface area (TPSA) is 67.9 Å². The summed E-state index contributed by atoms with van der Waals surface area (Å²) in [4.78, 5) is 25.5. The van der Waals surface area contributed by atoms with Gasteiger partial charge >= 0.3 is 5.97 Å². The van der Waals surface area contributed by atoms with Crippen molar-refractivity contribution in [2.45, 2.75) is 37.8 Å². The number of carbonyl (C=O) groups is 2. The summed E-state index contributed by atoms with van der Waals surface area (Å²) in [5.41, 5.74) is -0.244. The first-order valence-corrected chi connectivity index (χ1v) is 6.78. The Morgan fingerprint density at radius 2 is 2.11 bits per heavy atom. The summed E-state index contributed by atoms with van der Waals surface area (Å²) >= 11 is 0. The molecule has 1 amide bonds. The molecule has 0 bridgehead atoms. The third kappa shape index (κ3) is 3.25. The summed E-state index contributed by atoms with van der Waals surface area (Å²) in [5.74, 6) is -0.451. The maximum Gasteiger partial charge on any atom is 0.328 e. The van der Waals surface area contributed by atoms with Gasteiger partial charge in [0.1, 0.15) is 12.6 Å². The number of ether oxygens (including phenoxy) is 2. The van der Waals surface area contributed by atoms with Gasteiger partial charge in [0.25, 0.3) is 0 Å². The van der Waals surface area contributed by atoms with Gasteiger partial charge in [0.2, 0.25) is 5.91 Å². The molecule has 0 aliphatic carbocycles. The lowest BCUT2D eigenvalue weighted by molar-refractivity contribution is -0.160. The van der Waals surface area contributed by atoms with Gasteiger partial charge < -0.3 is 19.7 Å². The number of amides is 1. The van der Waals surface area contributed by atoms with E-state index in [-0.39, 0.29) is 24.1 Å². The molecule has 2 saturated heterocycles. The van der Waals surface area contributed by atoms with E-state index in [0.29, 0.717) is 13.0 Å². The number of hydrogen-bond acceptors (Lipinski definition) is 5. The van der Waals surface area contributed by atoms with Crippen molar-refractivity contribution in [1.82, 2.24) is 10.2 Å². The van der Waals surface area contributed by atoms with Crippen molar-refractivity contribution < 1.29 is 19.1 Å². The standard InChI is InChI=1S/C13H22N2O4/c1-13(8-14-9-13)19-7-11(16)15-6-4-3-5-10(15)12(17)18-2/h10,14H,3-9H2,1-2H3. The van der Waals surface area contributed by atoms with Gasteiger partial charge in [-0.1, -0.05) is 0 Å². The minimum Gasteiger partial charge on any atom is -0.467 e. The monoisotopic (exact) mass is 270 g/mol. The van der Waals surface area contributed by atoms with E-state index in [1.165, 1.54) is 7.11 Å².